The molecule has 2 N–H and O–H groups in total. The van der Waals surface area contributed by atoms with Crippen molar-refractivity contribution in [3.8, 4) is 0 Å². The third-order valence-electron chi connectivity index (χ3n) is 2.21. The second-order valence-corrected chi connectivity index (χ2v) is 4.99. The van der Waals surface area contributed by atoms with Gasteiger partial charge in [0.25, 0.3) is 0 Å². The maximum Gasteiger partial charge on any atom is 0.234 e. The number of amides is 1. The second kappa shape index (κ2) is 5.50. The molecule has 2 unspecified atom stereocenters. The molecule has 1 aliphatic rings. The lowest BCUT2D eigenvalue weighted by atomic mass is 10.1. The van der Waals surface area contributed by atoms with Gasteiger partial charge >= 0.3 is 0 Å². The van der Waals surface area contributed by atoms with E-state index in [0.717, 1.165) is 17.4 Å². The van der Waals surface area contributed by atoms with Gasteiger partial charge in [0.2, 0.25) is 5.91 Å². The number of carbonyl (C=O) groups is 1. The van der Waals surface area contributed by atoms with Crippen molar-refractivity contribution in [3.63, 3.8) is 0 Å². The molecule has 0 radical (unpaired) electrons. The van der Waals surface area contributed by atoms with E-state index in [0.29, 0.717) is 12.6 Å². The van der Waals surface area contributed by atoms with E-state index in [1.165, 1.54) is 6.42 Å². The summed E-state index contributed by atoms with van der Waals surface area (Å²) in [7, 11) is 1.79. The Balaban J connectivity index is 2.18. The Kier molecular flexibility index (Phi) is 4.59. The highest BCUT2D eigenvalue weighted by Crippen LogP contribution is 2.24. The Morgan fingerprint density at radius 3 is 2.85 bits per heavy atom. The molecule has 3 nitrogen and oxygen atoms in total. The zero-order valence-corrected chi connectivity index (χ0v) is 9.12. The van der Waals surface area contributed by atoms with Crippen LogP contribution in [0.3, 0.4) is 0 Å². The molecule has 0 saturated carbocycles. The predicted molar refractivity (Wildman–Crippen MR) is 57.0 cm³/mol. The molecule has 76 valence electrons. The first-order chi connectivity index (χ1) is 6.22. The summed E-state index contributed by atoms with van der Waals surface area (Å²) in [5.41, 5.74) is 0. The van der Waals surface area contributed by atoms with Gasteiger partial charge in [0.15, 0.2) is 0 Å². The van der Waals surface area contributed by atoms with Crippen molar-refractivity contribution in [3.05, 3.63) is 0 Å². The number of carbonyl (C=O) groups excluding carboxylic acids is 1. The highest BCUT2D eigenvalue weighted by molar-refractivity contribution is 7.99. The predicted octanol–water partition coefficient (Wildman–Crippen LogP) is 0.606. The number of hydrogen-bond acceptors (Lipinski definition) is 3. The summed E-state index contributed by atoms with van der Waals surface area (Å²) >= 11 is 1.95. The van der Waals surface area contributed by atoms with E-state index in [2.05, 4.69) is 17.6 Å². The van der Waals surface area contributed by atoms with Gasteiger partial charge in [-0.15, -0.1) is 0 Å². The van der Waals surface area contributed by atoms with Gasteiger partial charge in [-0.25, -0.2) is 0 Å². The molecule has 2 atom stereocenters. The van der Waals surface area contributed by atoms with Crippen LogP contribution in [0.1, 0.15) is 19.8 Å². The van der Waals surface area contributed by atoms with Crippen LogP contribution in [0.15, 0.2) is 0 Å². The van der Waals surface area contributed by atoms with Crippen molar-refractivity contribution >= 4 is 17.7 Å². The van der Waals surface area contributed by atoms with Gasteiger partial charge < -0.3 is 10.6 Å². The minimum atomic E-state index is 0.114. The van der Waals surface area contributed by atoms with Crippen LogP contribution in [0, 0.1) is 0 Å². The summed E-state index contributed by atoms with van der Waals surface area (Å²) in [5.74, 6) is 1.18. The van der Waals surface area contributed by atoms with Gasteiger partial charge in [0.05, 0.1) is 6.54 Å². The Labute approximate surface area is 84.0 Å². The van der Waals surface area contributed by atoms with E-state index in [4.69, 9.17) is 0 Å². The topological polar surface area (TPSA) is 41.1 Å². The number of likely N-dealkylation sites (N-methyl/N-ethyl adjacent to an activating group) is 1. The number of rotatable bonds is 3. The molecule has 0 spiro atoms. The fraction of sp³-hybridized carbons (Fsp3) is 0.889. The molecular formula is C9H18N2OS. The lowest BCUT2D eigenvalue weighted by molar-refractivity contribution is -0.120. The van der Waals surface area contributed by atoms with E-state index in [1.807, 2.05) is 11.8 Å². The van der Waals surface area contributed by atoms with Crippen molar-refractivity contribution in [1.82, 2.24) is 10.6 Å². The Morgan fingerprint density at radius 1 is 1.54 bits per heavy atom. The van der Waals surface area contributed by atoms with Crippen LogP contribution in [-0.4, -0.2) is 36.5 Å². The molecular weight excluding hydrogens is 184 g/mol. The van der Waals surface area contributed by atoms with Crippen molar-refractivity contribution < 1.29 is 4.79 Å². The van der Waals surface area contributed by atoms with E-state index in [9.17, 15) is 4.79 Å². The average molecular weight is 202 g/mol. The largest absolute Gasteiger partial charge is 0.351 e. The molecule has 0 aromatic heterocycles. The Bertz CT molecular complexity index is 167. The fourth-order valence-electron chi connectivity index (χ4n) is 1.44. The summed E-state index contributed by atoms with van der Waals surface area (Å²) in [5, 5.41) is 6.63. The molecule has 1 heterocycles. The zero-order valence-electron chi connectivity index (χ0n) is 8.30. The van der Waals surface area contributed by atoms with E-state index >= 15 is 0 Å². The van der Waals surface area contributed by atoms with Crippen LogP contribution >= 0.6 is 11.8 Å². The normalized spacial score (nSPS) is 28.5. The molecule has 0 aromatic rings. The van der Waals surface area contributed by atoms with Crippen LogP contribution in [0.5, 0.6) is 0 Å². The monoisotopic (exact) mass is 202 g/mol. The fourth-order valence-corrected chi connectivity index (χ4v) is 2.55. The molecule has 1 amide bonds. The van der Waals surface area contributed by atoms with Gasteiger partial charge in [-0.1, -0.05) is 6.92 Å². The number of hydrogen-bond donors (Lipinski definition) is 2. The first-order valence-corrected chi connectivity index (χ1v) is 5.83. The molecule has 1 saturated heterocycles. The molecule has 0 aromatic carbocycles. The molecule has 4 heteroatoms. The smallest absolute Gasteiger partial charge is 0.234 e. The first kappa shape index (κ1) is 10.9. The van der Waals surface area contributed by atoms with Crippen LogP contribution in [-0.2, 0) is 4.79 Å². The standard InChI is InChI=1S/C9H18N2OS/c1-7-3-4-8(6-13-7)11-9(12)5-10-2/h7-8,10H,3-6H2,1-2H3,(H,11,12). The van der Waals surface area contributed by atoms with E-state index < -0.39 is 0 Å². The zero-order chi connectivity index (χ0) is 9.68. The van der Waals surface area contributed by atoms with E-state index in [-0.39, 0.29) is 5.91 Å². The maximum atomic E-state index is 11.2. The molecule has 1 aliphatic heterocycles. The van der Waals surface area contributed by atoms with Gasteiger partial charge in [-0.3, -0.25) is 4.79 Å². The van der Waals surface area contributed by atoms with Crippen LogP contribution in [0.2, 0.25) is 0 Å². The summed E-state index contributed by atoms with van der Waals surface area (Å²) in [4.78, 5) is 11.2. The quantitative estimate of drug-likeness (QED) is 0.704. The Hall–Kier alpha value is -0.220. The van der Waals surface area contributed by atoms with Crippen LogP contribution in [0.4, 0.5) is 0 Å². The van der Waals surface area contributed by atoms with Crippen LogP contribution < -0.4 is 10.6 Å². The number of nitrogens with one attached hydrogen (secondary N) is 2. The summed E-state index contributed by atoms with van der Waals surface area (Å²) in [6, 6.07) is 0.391. The maximum absolute atomic E-state index is 11.2. The summed E-state index contributed by atoms with van der Waals surface area (Å²) in [6.07, 6.45) is 2.35. The lowest BCUT2D eigenvalue weighted by Gasteiger charge is -2.26. The minimum absolute atomic E-state index is 0.114. The molecule has 13 heavy (non-hydrogen) atoms. The second-order valence-electron chi connectivity index (χ2n) is 3.52. The van der Waals surface area contributed by atoms with Crippen molar-refractivity contribution in [2.24, 2.45) is 0 Å². The third kappa shape index (κ3) is 4.00. The van der Waals surface area contributed by atoms with E-state index in [1.54, 1.807) is 7.05 Å². The van der Waals surface area contributed by atoms with Crippen molar-refractivity contribution in [2.75, 3.05) is 19.3 Å². The van der Waals surface area contributed by atoms with Gasteiger partial charge in [0, 0.05) is 17.0 Å². The highest BCUT2D eigenvalue weighted by atomic mass is 32.2. The summed E-state index contributed by atoms with van der Waals surface area (Å²) < 4.78 is 0. The molecule has 0 bridgehead atoms. The summed E-state index contributed by atoms with van der Waals surface area (Å²) in [6.45, 7) is 2.67. The number of thioether (sulfide) groups is 1. The van der Waals surface area contributed by atoms with Crippen LogP contribution in [0.25, 0.3) is 0 Å². The Morgan fingerprint density at radius 2 is 2.31 bits per heavy atom. The molecule has 0 aliphatic carbocycles. The molecule has 1 rings (SSSR count). The van der Waals surface area contributed by atoms with Gasteiger partial charge in [-0.05, 0) is 19.9 Å². The first-order valence-electron chi connectivity index (χ1n) is 4.78. The molecule has 1 fully saturated rings. The average Bonchev–Trinajstić information content (AvgIpc) is 2.09. The third-order valence-corrected chi connectivity index (χ3v) is 3.61. The SMILES string of the molecule is CNCC(=O)NC1CCC(C)SC1. The van der Waals surface area contributed by atoms with Gasteiger partial charge in [0.1, 0.15) is 0 Å². The highest BCUT2D eigenvalue weighted by Gasteiger charge is 2.19. The minimum Gasteiger partial charge on any atom is -0.351 e. The lowest BCUT2D eigenvalue weighted by Crippen LogP contribution is -2.42. The van der Waals surface area contributed by atoms with Crippen molar-refractivity contribution in [2.45, 2.75) is 31.1 Å². The van der Waals surface area contributed by atoms with Crippen molar-refractivity contribution in [1.29, 1.82) is 0 Å². The van der Waals surface area contributed by atoms with Gasteiger partial charge in [-0.2, -0.15) is 11.8 Å².